The van der Waals surface area contributed by atoms with Crippen molar-refractivity contribution in [2.45, 2.75) is 45.6 Å². The number of rotatable bonds is 7. The average Bonchev–Trinajstić information content (AvgIpc) is 3.56. The fourth-order valence-electron chi connectivity index (χ4n) is 4.20. The highest BCUT2D eigenvalue weighted by Gasteiger charge is 2.48. The molecule has 0 bridgehead atoms. The summed E-state index contributed by atoms with van der Waals surface area (Å²) in [6.45, 7) is 3.75. The summed E-state index contributed by atoms with van der Waals surface area (Å²) in [5, 5.41) is 18.6. The predicted octanol–water partition coefficient (Wildman–Crippen LogP) is 3.97. The van der Waals surface area contributed by atoms with Crippen LogP contribution in [0.3, 0.4) is 0 Å². The quantitative estimate of drug-likeness (QED) is 0.671. The minimum atomic E-state index is -1.15. The molecule has 2 saturated carbocycles. The number of nitrogens with one attached hydrogen (secondary N) is 2. The molecule has 7 nitrogen and oxygen atoms in total. The summed E-state index contributed by atoms with van der Waals surface area (Å²) in [6.07, 6.45) is 3.17. The Balaban J connectivity index is 1.50. The minimum absolute atomic E-state index is 0.0951. The molecule has 2 aliphatic rings. The first-order valence-electron chi connectivity index (χ1n) is 9.77. The van der Waals surface area contributed by atoms with Gasteiger partial charge in [-0.05, 0) is 75.0 Å². The lowest BCUT2D eigenvalue weighted by molar-refractivity contribution is -0.119. The lowest BCUT2D eigenvalue weighted by atomic mass is 9.88. The van der Waals surface area contributed by atoms with Crippen LogP contribution in [0.25, 0.3) is 11.1 Å². The van der Waals surface area contributed by atoms with Crippen molar-refractivity contribution in [3.63, 3.8) is 0 Å². The largest absolute Gasteiger partial charge is 0.465 e. The van der Waals surface area contributed by atoms with Gasteiger partial charge >= 0.3 is 6.09 Å². The van der Waals surface area contributed by atoms with Crippen LogP contribution < -0.4 is 10.6 Å². The highest BCUT2D eigenvalue weighted by Crippen LogP contribution is 2.50. The van der Waals surface area contributed by atoms with Gasteiger partial charge in [-0.1, -0.05) is 17.3 Å². The number of anilines is 1. The van der Waals surface area contributed by atoms with Crippen molar-refractivity contribution in [3.05, 3.63) is 35.7 Å². The van der Waals surface area contributed by atoms with Crippen molar-refractivity contribution < 1.29 is 19.2 Å². The van der Waals surface area contributed by atoms with Crippen molar-refractivity contribution in [1.82, 2.24) is 10.5 Å². The molecule has 28 heavy (non-hydrogen) atoms. The molecular weight excluding hydrogens is 358 g/mol. The fourth-order valence-corrected chi connectivity index (χ4v) is 4.20. The first-order valence-corrected chi connectivity index (χ1v) is 9.77. The standard InChI is InChI=1S/C21H25N3O4/c1-11-17(12(2)28-24-11)13-7-9-16(10-8-13)22-20(25)19(23-21(26)27)18(14-3-4-14)15-5-6-15/h7-10,14-15,18-19,23H,3-6H2,1-2H3,(H,22,25)(H,26,27). The topological polar surface area (TPSA) is 104 Å². The maximum atomic E-state index is 12.9. The molecule has 1 aromatic carbocycles. The van der Waals surface area contributed by atoms with Crippen LogP contribution in [0.15, 0.2) is 28.8 Å². The summed E-state index contributed by atoms with van der Waals surface area (Å²) in [6, 6.07) is 6.74. The van der Waals surface area contributed by atoms with Gasteiger partial charge in [0.05, 0.1) is 5.69 Å². The number of benzene rings is 1. The van der Waals surface area contributed by atoms with Crippen LogP contribution in [0, 0.1) is 31.6 Å². The maximum absolute atomic E-state index is 12.9. The van der Waals surface area contributed by atoms with Gasteiger partial charge in [0.25, 0.3) is 0 Å². The zero-order valence-electron chi connectivity index (χ0n) is 16.1. The molecule has 0 radical (unpaired) electrons. The SMILES string of the molecule is Cc1noc(C)c1-c1ccc(NC(=O)C(NC(=O)O)C(C2CC2)C2CC2)cc1. The highest BCUT2D eigenvalue weighted by atomic mass is 16.5. The second kappa shape index (κ2) is 7.30. The van der Waals surface area contributed by atoms with Gasteiger partial charge in [0.15, 0.2) is 0 Å². The summed E-state index contributed by atoms with van der Waals surface area (Å²) in [7, 11) is 0. The first kappa shape index (κ1) is 18.5. The van der Waals surface area contributed by atoms with Gasteiger partial charge in [-0.15, -0.1) is 0 Å². The van der Waals surface area contributed by atoms with Crippen LogP contribution in [0.5, 0.6) is 0 Å². The highest BCUT2D eigenvalue weighted by molar-refractivity contribution is 5.97. The van der Waals surface area contributed by atoms with Gasteiger partial charge in [-0.3, -0.25) is 4.79 Å². The van der Waals surface area contributed by atoms with Crippen LogP contribution in [0.4, 0.5) is 10.5 Å². The Labute approximate surface area is 163 Å². The molecule has 2 amide bonds. The summed E-state index contributed by atoms with van der Waals surface area (Å²) in [5.41, 5.74) is 3.37. The van der Waals surface area contributed by atoms with Gasteiger partial charge in [0, 0.05) is 11.3 Å². The van der Waals surface area contributed by atoms with E-state index in [0.717, 1.165) is 48.3 Å². The number of amides is 2. The molecule has 2 fully saturated rings. The summed E-state index contributed by atoms with van der Waals surface area (Å²) in [5.74, 6) is 1.47. The van der Waals surface area contributed by atoms with E-state index in [1.165, 1.54) is 0 Å². The number of carbonyl (C=O) groups is 2. The molecule has 0 aliphatic heterocycles. The Hall–Kier alpha value is -2.83. The van der Waals surface area contributed by atoms with E-state index in [4.69, 9.17) is 4.52 Å². The number of hydrogen-bond acceptors (Lipinski definition) is 4. The van der Waals surface area contributed by atoms with Gasteiger partial charge in [0.1, 0.15) is 11.8 Å². The second-order valence-electron chi connectivity index (χ2n) is 7.95. The van der Waals surface area contributed by atoms with E-state index in [1.54, 1.807) is 0 Å². The zero-order chi connectivity index (χ0) is 19.8. The average molecular weight is 383 g/mol. The van der Waals surface area contributed by atoms with Gasteiger partial charge in [-0.25, -0.2) is 4.79 Å². The smallest absolute Gasteiger partial charge is 0.405 e. The van der Waals surface area contributed by atoms with Crippen molar-refractivity contribution in [3.8, 4) is 11.1 Å². The molecule has 1 aromatic heterocycles. The van der Waals surface area contributed by atoms with Crippen LogP contribution in [-0.4, -0.2) is 28.3 Å². The molecule has 7 heteroatoms. The Morgan fingerprint density at radius 1 is 1.11 bits per heavy atom. The van der Waals surface area contributed by atoms with Crippen LogP contribution >= 0.6 is 0 Å². The van der Waals surface area contributed by atoms with Crippen LogP contribution in [-0.2, 0) is 4.79 Å². The van der Waals surface area contributed by atoms with Crippen LogP contribution in [0.2, 0.25) is 0 Å². The first-order chi connectivity index (χ1) is 13.4. The third kappa shape index (κ3) is 3.88. The third-order valence-corrected chi connectivity index (χ3v) is 5.75. The van der Waals surface area contributed by atoms with E-state index in [9.17, 15) is 14.7 Å². The molecule has 1 unspecified atom stereocenters. The summed E-state index contributed by atoms with van der Waals surface area (Å²) < 4.78 is 5.21. The van der Waals surface area contributed by atoms with Gasteiger partial charge < -0.3 is 20.3 Å². The molecule has 2 aliphatic carbocycles. The molecule has 1 heterocycles. The lowest BCUT2D eigenvalue weighted by Gasteiger charge is -2.26. The maximum Gasteiger partial charge on any atom is 0.405 e. The van der Waals surface area contributed by atoms with Crippen molar-refractivity contribution in [1.29, 1.82) is 0 Å². The monoisotopic (exact) mass is 383 g/mol. The van der Waals surface area contributed by atoms with E-state index >= 15 is 0 Å². The van der Waals surface area contributed by atoms with E-state index in [2.05, 4.69) is 15.8 Å². The Morgan fingerprint density at radius 2 is 1.71 bits per heavy atom. The minimum Gasteiger partial charge on any atom is -0.465 e. The van der Waals surface area contributed by atoms with E-state index in [0.29, 0.717) is 17.5 Å². The number of aromatic nitrogens is 1. The van der Waals surface area contributed by atoms with E-state index < -0.39 is 12.1 Å². The third-order valence-electron chi connectivity index (χ3n) is 5.75. The summed E-state index contributed by atoms with van der Waals surface area (Å²) >= 11 is 0. The molecule has 0 saturated heterocycles. The Morgan fingerprint density at radius 3 is 2.18 bits per heavy atom. The Kier molecular flexibility index (Phi) is 4.83. The van der Waals surface area contributed by atoms with Crippen LogP contribution in [0.1, 0.15) is 37.1 Å². The molecule has 148 valence electrons. The zero-order valence-corrected chi connectivity index (χ0v) is 16.1. The van der Waals surface area contributed by atoms with Gasteiger partial charge in [0.2, 0.25) is 5.91 Å². The van der Waals surface area contributed by atoms with Crippen molar-refractivity contribution in [2.75, 3.05) is 5.32 Å². The van der Waals surface area contributed by atoms with Gasteiger partial charge in [-0.2, -0.15) is 0 Å². The van der Waals surface area contributed by atoms with Crippen molar-refractivity contribution >= 4 is 17.7 Å². The normalized spacial score (nSPS) is 17.4. The van der Waals surface area contributed by atoms with Crippen molar-refractivity contribution in [2.24, 2.45) is 17.8 Å². The number of carboxylic acid groups (broad SMARTS) is 1. The van der Waals surface area contributed by atoms with E-state index in [1.807, 2.05) is 38.1 Å². The number of aryl methyl sites for hydroxylation is 2. The predicted molar refractivity (Wildman–Crippen MR) is 104 cm³/mol. The second-order valence-corrected chi connectivity index (χ2v) is 7.95. The molecule has 3 N–H and O–H groups in total. The molecule has 1 atom stereocenters. The number of carbonyl (C=O) groups excluding carboxylic acids is 1. The molecule has 4 rings (SSSR count). The Bertz CT molecular complexity index is 850. The van der Waals surface area contributed by atoms with E-state index in [-0.39, 0.29) is 11.8 Å². The molecule has 2 aromatic rings. The lowest BCUT2D eigenvalue weighted by Crippen LogP contribution is -2.49. The summed E-state index contributed by atoms with van der Waals surface area (Å²) in [4.78, 5) is 24.2. The fraction of sp³-hybridized carbons (Fsp3) is 0.476. The molecule has 0 spiro atoms. The number of hydrogen-bond donors (Lipinski definition) is 3. The number of nitrogens with zero attached hydrogens (tertiary/aromatic N) is 1. The molecular formula is C21H25N3O4.